The molecule has 1 nitrogen and oxygen atoms in total. The van der Waals surface area contributed by atoms with Crippen LogP contribution in [0, 0.1) is 0 Å². The van der Waals surface area contributed by atoms with Crippen molar-refractivity contribution in [2.75, 3.05) is 0 Å². The predicted molar refractivity (Wildman–Crippen MR) is 29.7 cm³/mol. The van der Waals surface area contributed by atoms with Crippen molar-refractivity contribution in [1.82, 2.24) is 0 Å². The minimum atomic E-state index is 0.0633. The van der Waals surface area contributed by atoms with E-state index >= 15 is 0 Å². The summed E-state index contributed by atoms with van der Waals surface area (Å²) in [6.07, 6.45) is 1.74. The van der Waals surface area contributed by atoms with Gasteiger partial charge in [-0.1, -0.05) is 6.08 Å². The Morgan fingerprint density at radius 2 is 2.50 bits per heavy atom. The lowest BCUT2D eigenvalue weighted by Crippen LogP contribution is -1.92. The summed E-state index contributed by atoms with van der Waals surface area (Å²) in [7, 11) is 0. The Morgan fingerprint density at radius 1 is 2.00 bits per heavy atom. The average Bonchev–Trinajstić information content (AvgIpc) is 1.65. The first kappa shape index (κ1) is 6.05. The van der Waals surface area contributed by atoms with Crippen LogP contribution in [0.3, 0.4) is 0 Å². The van der Waals surface area contributed by atoms with E-state index in [0.29, 0.717) is 0 Å². The van der Waals surface area contributed by atoms with Crippen molar-refractivity contribution < 1.29 is 4.18 Å². The summed E-state index contributed by atoms with van der Waals surface area (Å²) in [6.45, 7) is 5.32. The third kappa shape index (κ3) is 2.30. The molecule has 0 saturated carbocycles. The average molecular weight is 104 g/mol. The van der Waals surface area contributed by atoms with E-state index in [0.717, 1.165) is 0 Å². The Labute approximate surface area is 43.6 Å². The van der Waals surface area contributed by atoms with Gasteiger partial charge in [0.1, 0.15) is 0 Å². The molecule has 2 heteroatoms. The molecule has 0 radical (unpaired) electrons. The second-order valence-corrected chi connectivity index (χ2v) is 1.26. The lowest BCUT2D eigenvalue weighted by atomic mass is 10.4. The van der Waals surface area contributed by atoms with E-state index in [4.69, 9.17) is 0 Å². The maximum absolute atomic E-state index is 4.48. The standard InChI is InChI=1S/C4H8OS/c1-3-4(2)5-6/h3-4,6H,1H2,2H3. The number of hydrogen-bond acceptors (Lipinski definition) is 2. The normalized spacial score (nSPS) is 13.7. The third-order valence-electron chi connectivity index (χ3n) is 0.498. The SMILES string of the molecule is C=CC(C)OS. The highest BCUT2D eigenvalue weighted by Crippen LogP contribution is 1.90. The van der Waals surface area contributed by atoms with Crippen LogP contribution in [0.25, 0.3) is 0 Å². The molecule has 0 saturated heterocycles. The fraction of sp³-hybridized carbons (Fsp3) is 0.500. The molecule has 1 atom stereocenters. The Balaban J connectivity index is 2.96. The van der Waals surface area contributed by atoms with Crippen LogP contribution in [-0.2, 0) is 4.18 Å². The van der Waals surface area contributed by atoms with Gasteiger partial charge in [0, 0.05) is 0 Å². The summed E-state index contributed by atoms with van der Waals surface area (Å²) in [4.78, 5) is 0. The van der Waals surface area contributed by atoms with E-state index in [2.05, 4.69) is 23.7 Å². The number of hydrogen-bond donors (Lipinski definition) is 1. The highest BCUT2D eigenvalue weighted by atomic mass is 32.1. The minimum Gasteiger partial charge on any atom is -0.311 e. The maximum atomic E-state index is 4.48. The molecule has 0 aliphatic rings. The summed E-state index contributed by atoms with van der Waals surface area (Å²) in [5, 5.41) is 0. The van der Waals surface area contributed by atoms with Crippen molar-refractivity contribution >= 4 is 12.9 Å². The molecule has 0 aliphatic carbocycles. The van der Waals surface area contributed by atoms with Crippen molar-refractivity contribution in [3.05, 3.63) is 12.7 Å². The van der Waals surface area contributed by atoms with Crippen molar-refractivity contribution in [1.29, 1.82) is 0 Å². The molecule has 0 heterocycles. The smallest absolute Gasteiger partial charge is 0.0869 e. The van der Waals surface area contributed by atoms with Gasteiger partial charge >= 0.3 is 0 Å². The van der Waals surface area contributed by atoms with E-state index in [-0.39, 0.29) is 6.10 Å². The highest BCUT2D eigenvalue weighted by Gasteiger charge is 1.85. The van der Waals surface area contributed by atoms with Gasteiger partial charge in [0.2, 0.25) is 0 Å². The van der Waals surface area contributed by atoms with Crippen LogP contribution >= 0.6 is 12.9 Å². The van der Waals surface area contributed by atoms with Gasteiger partial charge in [0.15, 0.2) is 0 Å². The van der Waals surface area contributed by atoms with Crippen LogP contribution in [0.2, 0.25) is 0 Å². The molecular formula is C4H8OS. The van der Waals surface area contributed by atoms with Crippen LogP contribution in [0.4, 0.5) is 0 Å². The molecule has 0 N–H and O–H groups in total. The zero-order valence-electron chi connectivity index (χ0n) is 3.72. The molecule has 0 bridgehead atoms. The summed E-state index contributed by atoms with van der Waals surface area (Å²) >= 11 is 3.52. The molecule has 0 rings (SSSR count). The second kappa shape index (κ2) is 3.25. The first-order valence-electron chi connectivity index (χ1n) is 1.74. The van der Waals surface area contributed by atoms with Crippen molar-refractivity contribution in [2.45, 2.75) is 13.0 Å². The highest BCUT2D eigenvalue weighted by molar-refractivity contribution is 7.75. The fourth-order valence-electron chi connectivity index (χ4n) is 0.0430. The Kier molecular flexibility index (Phi) is 3.28. The van der Waals surface area contributed by atoms with Gasteiger partial charge in [0.05, 0.1) is 6.10 Å². The molecule has 36 valence electrons. The van der Waals surface area contributed by atoms with Gasteiger partial charge in [-0.25, -0.2) is 0 Å². The van der Waals surface area contributed by atoms with Gasteiger partial charge in [-0.15, -0.1) is 6.58 Å². The molecule has 0 amide bonds. The van der Waals surface area contributed by atoms with Crippen LogP contribution in [0.1, 0.15) is 6.92 Å². The van der Waals surface area contributed by atoms with Gasteiger partial charge in [-0.2, -0.15) is 0 Å². The maximum Gasteiger partial charge on any atom is 0.0869 e. The summed E-state index contributed by atoms with van der Waals surface area (Å²) < 4.78 is 4.48. The quantitative estimate of drug-likeness (QED) is 0.317. The Bertz CT molecular complexity index is 44.8. The van der Waals surface area contributed by atoms with Crippen molar-refractivity contribution in [3.8, 4) is 0 Å². The van der Waals surface area contributed by atoms with E-state index in [1.54, 1.807) is 6.08 Å². The largest absolute Gasteiger partial charge is 0.311 e. The minimum absolute atomic E-state index is 0.0633. The van der Waals surface area contributed by atoms with Crippen molar-refractivity contribution in [2.24, 2.45) is 0 Å². The zero-order chi connectivity index (χ0) is 4.99. The van der Waals surface area contributed by atoms with E-state index in [1.165, 1.54) is 0 Å². The molecule has 0 aromatic carbocycles. The van der Waals surface area contributed by atoms with Gasteiger partial charge in [0.25, 0.3) is 0 Å². The Morgan fingerprint density at radius 3 is 2.50 bits per heavy atom. The summed E-state index contributed by atoms with van der Waals surface area (Å²) in [5.41, 5.74) is 0. The van der Waals surface area contributed by atoms with Crippen molar-refractivity contribution in [3.63, 3.8) is 0 Å². The molecule has 0 spiro atoms. The van der Waals surface area contributed by atoms with Gasteiger partial charge in [-0.05, 0) is 19.8 Å². The molecule has 0 fully saturated rings. The van der Waals surface area contributed by atoms with Crippen LogP contribution in [0.5, 0.6) is 0 Å². The molecule has 0 aromatic heterocycles. The predicted octanol–water partition coefficient (Wildman–Crippen LogP) is 1.42. The molecule has 6 heavy (non-hydrogen) atoms. The first-order chi connectivity index (χ1) is 2.81. The second-order valence-electron chi connectivity index (χ2n) is 1.05. The zero-order valence-corrected chi connectivity index (χ0v) is 4.61. The lowest BCUT2D eigenvalue weighted by molar-refractivity contribution is 0.328. The number of thiol groups is 1. The van der Waals surface area contributed by atoms with Crippen LogP contribution in [-0.4, -0.2) is 6.10 Å². The monoisotopic (exact) mass is 104 g/mol. The van der Waals surface area contributed by atoms with Crippen LogP contribution in [0.15, 0.2) is 12.7 Å². The molecule has 0 aliphatic heterocycles. The topological polar surface area (TPSA) is 9.23 Å². The third-order valence-corrected chi connectivity index (χ3v) is 0.831. The van der Waals surface area contributed by atoms with E-state index in [9.17, 15) is 0 Å². The number of rotatable bonds is 2. The van der Waals surface area contributed by atoms with Gasteiger partial charge in [-0.3, -0.25) is 0 Å². The Hall–Kier alpha value is 0.0500. The summed E-state index contributed by atoms with van der Waals surface area (Å²) in [5.74, 6) is 0. The van der Waals surface area contributed by atoms with E-state index in [1.807, 2.05) is 6.92 Å². The van der Waals surface area contributed by atoms with Gasteiger partial charge < -0.3 is 4.18 Å². The summed E-state index contributed by atoms with van der Waals surface area (Å²) in [6, 6.07) is 0. The molecular weight excluding hydrogens is 96.1 g/mol. The fourth-order valence-corrected chi connectivity index (χ4v) is 0.129. The first-order valence-corrected chi connectivity index (χ1v) is 2.10. The lowest BCUT2D eigenvalue weighted by Gasteiger charge is -1.95. The molecule has 1 unspecified atom stereocenters. The molecule has 0 aromatic rings. The van der Waals surface area contributed by atoms with E-state index < -0.39 is 0 Å². The van der Waals surface area contributed by atoms with Crippen LogP contribution < -0.4 is 0 Å².